The fraction of sp³-hybridized carbons (Fsp3) is 0.0833. The van der Waals surface area contributed by atoms with Crippen molar-refractivity contribution in [2.75, 3.05) is 4.90 Å². The summed E-state index contributed by atoms with van der Waals surface area (Å²) in [4.78, 5) is 2.53. The summed E-state index contributed by atoms with van der Waals surface area (Å²) >= 11 is 0. The lowest BCUT2D eigenvalue weighted by molar-refractivity contribution is 0.662. The molecule has 0 fully saturated rings. The molecule has 0 bridgehead atoms. The first-order chi connectivity index (χ1) is 35.9. The van der Waals surface area contributed by atoms with Crippen molar-refractivity contribution in [3.05, 3.63) is 305 Å². The molecule has 1 heteroatoms. The van der Waals surface area contributed by atoms with Gasteiger partial charge in [-0.15, -0.1) is 0 Å². The molecule has 4 aliphatic rings. The fourth-order valence-corrected chi connectivity index (χ4v) is 14.2. The van der Waals surface area contributed by atoms with Crippen LogP contribution in [0.3, 0.4) is 0 Å². The number of anilines is 3. The molecule has 344 valence electrons. The van der Waals surface area contributed by atoms with Crippen molar-refractivity contribution in [1.29, 1.82) is 0 Å². The summed E-state index contributed by atoms with van der Waals surface area (Å²) in [6, 6.07) is 96.1. The predicted molar refractivity (Wildman–Crippen MR) is 303 cm³/mol. The quantitative estimate of drug-likeness (QED) is 0.161. The second-order valence-electron chi connectivity index (χ2n) is 21.2. The zero-order chi connectivity index (χ0) is 48.6. The fourth-order valence-electron chi connectivity index (χ4n) is 14.2. The van der Waals surface area contributed by atoms with Gasteiger partial charge in [-0.25, -0.2) is 0 Å². The largest absolute Gasteiger partial charge is 0.310 e. The first-order valence-electron chi connectivity index (χ1n) is 25.8. The average molecular weight is 930 g/mol. The van der Waals surface area contributed by atoms with E-state index in [2.05, 4.69) is 280 Å². The zero-order valence-electron chi connectivity index (χ0n) is 41.2. The number of benzene rings is 11. The molecule has 0 N–H and O–H groups in total. The van der Waals surface area contributed by atoms with Gasteiger partial charge in [-0.3, -0.25) is 0 Å². The minimum Gasteiger partial charge on any atom is -0.310 e. The van der Waals surface area contributed by atoms with Gasteiger partial charge in [0.1, 0.15) is 0 Å². The molecule has 1 nitrogen and oxygen atoms in total. The lowest BCUT2D eigenvalue weighted by Crippen LogP contribution is -2.26. The van der Waals surface area contributed by atoms with E-state index in [0.29, 0.717) is 0 Å². The van der Waals surface area contributed by atoms with Gasteiger partial charge in [-0.05, 0) is 155 Å². The first kappa shape index (κ1) is 42.0. The molecule has 0 radical (unpaired) electrons. The Balaban J connectivity index is 0.935. The summed E-state index contributed by atoms with van der Waals surface area (Å²) in [5, 5.41) is 0. The first-order valence-corrected chi connectivity index (χ1v) is 25.8. The summed E-state index contributed by atoms with van der Waals surface area (Å²) < 4.78 is 0. The molecule has 11 aromatic carbocycles. The van der Waals surface area contributed by atoms with E-state index < -0.39 is 5.41 Å². The smallest absolute Gasteiger partial charge is 0.0726 e. The van der Waals surface area contributed by atoms with Crippen LogP contribution in [-0.2, 0) is 16.2 Å². The molecule has 0 heterocycles. The second kappa shape index (κ2) is 15.4. The van der Waals surface area contributed by atoms with E-state index >= 15 is 0 Å². The molecule has 1 atom stereocenters. The maximum absolute atomic E-state index is 2.53. The van der Waals surface area contributed by atoms with E-state index in [1.165, 1.54) is 117 Å². The number of rotatable bonds is 6. The van der Waals surface area contributed by atoms with Crippen LogP contribution in [0.15, 0.2) is 255 Å². The molecule has 0 saturated heterocycles. The normalized spacial score (nSPS) is 16.2. The van der Waals surface area contributed by atoms with Crippen LogP contribution in [0.25, 0.3) is 66.8 Å². The number of hydrogen-bond donors (Lipinski definition) is 0. The Kier molecular flexibility index (Phi) is 8.83. The molecular formula is C72H51N. The highest BCUT2D eigenvalue weighted by Gasteiger charge is 2.52. The van der Waals surface area contributed by atoms with Gasteiger partial charge in [0.15, 0.2) is 0 Å². The number of fused-ring (bicyclic) bond motifs is 16. The molecule has 73 heavy (non-hydrogen) atoms. The van der Waals surface area contributed by atoms with Gasteiger partial charge < -0.3 is 4.90 Å². The van der Waals surface area contributed by atoms with Gasteiger partial charge in [0.25, 0.3) is 0 Å². The van der Waals surface area contributed by atoms with E-state index in [1.54, 1.807) is 0 Å². The lowest BCUT2D eigenvalue weighted by atomic mass is 9.70. The Labute approximate surface area is 428 Å². The van der Waals surface area contributed by atoms with Crippen LogP contribution in [0.4, 0.5) is 17.1 Å². The summed E-state index contributed by atoms with van der Waals surface area (Å²) in [5.74, 6) is 0. The molecule has 1 spiro atoms. The van der Waals surface area contributed by atoms with E-state index in [1.807, 2.05) is 0 Å². The Hall–Kier alpha value is -8.78. The lowest BCUT2D eigenvalue weighted by Gasteiger charge is -2.33. The third-order valence-electron chi connectivity index (χ3n) is 17.4. The Morgan fingerprint density at radius 2 is 0.699 bits per heavy atom. The van der Waals surface area contributed by atoms with Crippen LogP contribution in [0.2, 0.25) is 0 Å². The van der Waals surface area contributed by atoms with Crippen molar-refractivity contribution >= 4 is 17.1 Å². The van der Waals surface area contributed by atoms with Gasteiger partial charge in [0.05, 0.1) is 11.1 Å². The summed E-state index contributed by atoms with van der Waals surface area (Å²) in [5.41, 5.74) is 29.9. The zero-order valence-corrected chi connectivity index (χ0v) is 41.2. The molecule has 0 aliphatic heterocycles. The third kappa shape index (κ3) is 5.63. The maximum atomic E-state index is 2.53. The average Bonchev–Trinajstić information content (AvgIpc) is 4.10. The van der Waals surface area contributed by atoms with Crippen LogP contribution in [-0.4, -0.2) is 0 Å². The van der Waals surface area contributed by atoms with Crippen molar-refractivity contribution in [3.63, 3.8) is 0 Å². The molecule has 0 aromatic heterocycles. The topological polar surface area (TPSA) is 3.24 Å². The summed E-state index contributed by atoms with van der Waals surface area (Å²) in [6.45, 7) is 7.20. The van der Waals surface area contributed by atoms with Crippen molar-refractivity contribution in [1.82, 2.24) is 0 Å². The Morgan fingerprint density at radius 1 is 0.274 bits per heavy atom. The second-order valence-corrected chi connectivity index (χ2v) is 21.2. The third-order valence-corrected chi connectivity index (χ3v) is 17.4. The predicted octanol–water partition coefficient (Wildman–Crippen LogP) is 18.5. The standard InChI is InChI=1S/C72H51N/c1-70(2)61-30-13-7-26-55(61)59-28-19-29-60(69(59)70)58-27-12-18-35-68(58)73(49-39-36-46(37-40-49)47-38-42-56-51-22-8-14-31-62(51)71(3,66(56)44-47)48-20-5-4-6-21-48)50-41-43-57-54-25-11-17-34-65(54)72(67(57)45-50)63-32-15-9-23-52(63)53-24-10-16-33-64(53)72/h4-45H,1-3H3. The van der Waals surface area contributed by atoms with Crippen molar-refractivity contribution in [3.8, 4) is 66.8 Å². The monoisotopic (exact) mass is 929 g/mol. The molecule has 4 aliphatic carbocycles. The molecule has 15 rings (SSSR count). The summed E-state index contributed by atoms with van der Waals surface area (Å²) in [7, 11) is 0. The number of hydrogen-bond acceptors (Lipinski definition) is 1. The van der Waals surface area contributed by atoms with Crippen molar-refractivity contribution < 1.29 is 0 Å². The highest BCUT2D eigenvalue weighted by Crippen LogP contribution is 2.64. The van der Waals surface area contributed by atoms with Gasteiger partial charge in [-0.2, -0.15) is 0 Å². The minimum absolute atomic E-state index is 0.190. The Morgan fingerprint density at radius 3 is 1.33 bits per heavy atom. The molecule has 1 unspecified atom stereocenters. The minimum atomic E-state index is -0.471. The number of nitrogens with zero attached hydrogens (tertiary/aromatic N) is 1. The number of para-hydroxylation sites is 1. The highest BCUT2D eigenvalue weighted by atomic mass is 15.1. The molecule has 11 aromatic rings. The van der Waals surface area contributed by atoms with Crippen molar-refractivity contribution in [2.24, 2.45) is 0 Å². The highest BCUT2D eigenvalue weighted by molar-refractivity contribution is 5.99. The van der Waals surface area contributed by atoms with Crippen LogP contribution < -0.4 is 4.90 Å². The van der Waals surface area contributed by atoms with E-state index in [0.717, 1.165) is 17.1 Å². The summed E-state index contributed by atoms with van der Waals surface area (Å²) in [6.07, 6.45) is 0. The van der Waals surface area contributed by atoms with Crippen LogP contribution >= 0.6 is 0 Å². The van der Waals surface area contributed by atoms with Crippen LogP contribution in [0, 0.1) is 0 Å². The van der Waals surface area contributed by atoms with E-state index in [4.69, 9.17) is 0 Å². The van der Waals surface area contributed by atoms with Crippen LogP contribution in [0.1, 0.15) is 70.8 Å². The molecular weight excluding hydrogens is 879 g/mol. The van der Waals surface area contributed by atoms with E-state index in [9.17, 15) is 0 Å². The van der Waals surface area contributed by atoms with E-state index in [-0.39, 0.29) is 10.8 Å². The van der Waals surface area contributed by atoms with Gasteiger partial charge in [0, 0.05) is 27.8 Å². The van der Waals surface area contributed by atoms with Crippen LogP contribution in [0.5, 0.6) is 0 Å². The SMILES string of the molecule is CC1(C)c2ccccc2-c2cccc(-c3ccccc3N(c3ccc(-c4ccc5c(c4)C(C)(c4ccccc4)c4ccccc4-5)cc3)c3ccc4c(c3)C3(c5ccccc5-c5ccccc53)c3ccccc3-4)c21. The molecule has 0 saturated carbocycles. The Bertz CT molecular complexity index is 4020. The maximum Gasteiger partial charge on any atom is 0.0726 e. The van der Waals surface area contributed by atoms with Crippen molar-refractivity contribution in [2.45, 2.75) is 37.0 Å². The van der Waals surface area contributed by atoms with Gasteiger partial charge >= 0.3 is 0 Å². The van der Waals surface area contributed by atoms with Gasteiger partial charge in [0.2, 0.25) is 0 Å². The van der Waals surface area contributed by atoms with Gasteiger partial charge in [-0.1, -0.05) is 232 Å². The molecule has 0 amide bonds.